The van der Waals surface area contributed by atoms with E-state index in [0.717, 1.165) is 5.56 Å². The van der Waals surface area contributed by atoms with Crippen LogP contribution in [0.1, 0.15) is 12.0 Å². The Labute approximate surface area is 122 Å². The number of nitrogens with zero attached hydrogens (tertiary/aromatic N) is 2. The molecule has 0 saturated heterocycles. The number of hydrogen-bond acceptors (Lipinski definition) is 4. The van der Waals surface area contributed by atoms with E-state index in [2.05, 4.69) is 0 Å². The second-order valence-corrected chi connectivity index (χ2v) is 4.51. The zero-order valence-electron chi connectivity index (χ0n) is 11.7. The van der Waals surface area contributed by atoms with E-state index in [4.69, 9.17) is 15.1 Å². The van der Waals surface area contributed by atoms with Gasteiger partial charge in [-0.3, -0.25) is 4.79 Å². The highest BCUT2D eigenvalue weighted by atomic mass is 16.5. The lowest BCUT2D eigenvalue weighted by Gasteiger charge is -2.13. The van der Waals surface area contributed by atoms with Gasteiger partial charge < -0.3 is 14.4 Å². The van der Waals surface area contributed by atoms with Crippen LogP contribution >= 0.6 is 0 Å². The van der Waals surface area contributed by atoms with E-state index >= 15 is 0 Å². The number of methoxy groups -OCH3 is 1. The number of aliphatic hydroxyl groups excluding tert-OH is 1. The largest absolute Gasteiger partial charge is 0.497 e. The van der Waals surface area contributed by atoms with Crippen molar-refractivity contribution in [2.24, 2.45) is 0 Å². The molecule has 5 heteroatoms. The fourth-order valence-corrected chi connectivity index (χ4v) is 2.15. The van der Waals surface area contributed by atoms with E-state index in [1.54, 1.807) is 13.2 Å². The molecule has 5 nitrogen and oxygen atoms in total. The van der Waals surface area contributed by atoms with Crippen LogP contribution in [0.3, 0.4) is 0 Å². The topological polar surface area (TPSA) is 75.2 Å². The number of benzene rings is 1. The van der Waals surface area contributed by atoms with E-state index in [-0.39, 0.29) is 17.7 Å². The van der Waals surface area contributed by atoms with Gasteiger partial charge in [0.25, 0.3) is 5.56 Å². The molecule has 2 rings (SSSR count). The third kappa shape index (κ3) is 3.12. The van der Waals surface area contributed by atoms with Crippen LogP contribution in [-0.2, 0) is 6.54 Å². The van der Waals surface area contributed by atoms with Gasteiger partial charge in [0, 0.05) is 18.7 Å². The second kappa shape index (κ2) is 6.73. The summed E-state index contributed by atoms with van der Waals surface area (Å²) in [5.41, 5.74) is 1.28. The Balaban J connectivity index is 2.59. The molecule has 1 N–H and O–H groups in total. The normalized spacial score (nSPS) is 10.1. The number of nitriles is 1. The predicted molar refractivity (Wildman–Crippen MR) is 79.1 cm³/mol. The number of aromatic nitrogens is 1. The van der Waals surface area contributed by atoms with Crippen molar-refractivity contribution in [2.45, 2.75) is 13.0 Å². The molecule has 21 heavy (non-hydrogen) atoms. The van der Waals surface area contributed by atoms with Crippen molar-refractivity contribution >= 4 is 0 Å². The summed E-state index contributed by atoms with van der Waals surface area (Å²) in [6.07, 6.45) is 0.450. The molecule has 0 aliphatic carbocycles. The molecular weight excluding hydrogens is 268 g/mol. The maximum absolute atomic E-state index is 12.3. The number of pyridine rings is 1. The molecule has 1 heterocycles. The summed E-state index contributed by atoms with van der Waals surface area (Å²) in [4.78, 5) is 12.3. The Kier molecular flexibility index (Phi) is 4.75. The number of rotatable bonds is 5. The molecule has 0 aliphatic rings. The summed E-state index contributed by atoms with van der Waals surface area (Å²) < 4.78 is 6.71. The molecular formula is C16H16N2O3. The van der Waals surface area contributed by atoms with Gasteiger partial charge in [0.15, 0.2) is 0 Å². The summed E-state index contributed by atoms with van der Waals surface area (Å²) >= 11 is 0. The molecule has 0 atom stereocenters. The maximum atomic E-state index is 12.3. The van der Waals surface area contributed by atoms with Crippen LogP contribution in [0.15, 0.2) is 41.2 Å². The number of aliphatic hydroxyl groups is 1. The van der Waals surface area contributed by atoms with Crippen molar-refractivity contribution in [1.82, 2.24) is 4.57 Å². The lowest BCUT2D eigenvalue weighted by atomic mass is 10.1. The van der Waals surface area contributed by atoms with Gasteiger partial charge in [0.1, 0.15) is 17.4 Å². The molecule has 1 aromatic heterocycles. The molecule has 0 bridgehead atoms. The second-order valence-electron chi connectivity index (χ2n) is 4.51. The molecule has 0 spiro atoms. The van der Waals surface area contributed by atoms with Crippen molar-refractivity contribution in [3.8, 4) is 23.1 Å². The minimum atomic E-state index is -0.341. The van der Waals surface area contributed by atoms with Crippen LogP contribution in [-0.4, -0.2) is 23.4 Å². The first-order valence-electron chi connectivity index (χ1n) is 6.60. The Morgan fingerprint density at radius 2 is 2.14 bits per heavy atom. The first-order chi connectivity index (χ1) is 10.2. The van der Waals surface area contributed by atoms with Crippen LogP contribution in [0, 0.1) is 11.3 Å². The maximum Gasteiger partial charge on any atom is 0.268 e. The minimum Gasteiger partial charge on any atom is -0.497 e. The number of hydrogen-bond donors (Lipinski definition) is 1. The van der Waals surface area contributed by atoms with Crippen LogP contribution in [0.4, 0.5) is 0 Å². The Bertz CT molecular complexity index is 729. The van der Waals surface area contributed by atoms with Crippen LogP contribution in [0.2, 0.25) is 0 Å². The first kappa shape index (κ1) is 14.8. The summed E-state index contributed by atoms with van der Waals surface area (Å²) in [6.45, 7) is 0.345. The highest BCUT2D eigenvalue weighted by Gasteiger charge is 2.10. The highest BCUT2D eigenvalue weighted by Crippen LogP contribution is 2.23. The van der Waals surface area contributed by atoms with Crippen molar-refractivity contribution in [1.29, 1.82) is 5.26 Å². The van der Waals surface area contributed by atoms with Gasteiger partial charge in [0.2, 0.25) is 0 Å². The van der Waals surface area contributed by atoms with Gasteiger partial charge in [-0.2, -0.15) is 5.26 Å². The van der Waals surface area contributed by atoms with Crippen molar-refractivity contribution in [3.63, 3.8) is 0 Å². The summed E-state index contributed by atoms with van der Waals surface area (Å²) in [5.74, 6) is 0.693. The lowest BCUT2D eigenvalue weighted by molar-refractivity contribution is 0.279. The molecule has 0 unspecified atom stereocenters. The van der Waals surface area contributed by atoms with Crippen molar-refractivity contribution < 1.29 is 9.84 Å². The minimum absolute atomic E-state index is 0.0131. The average Bonchev–Trinajstić information content (AvgIpc) is 2.53. The summed E-state index contributed by atoms with van der Waals surface area (Å²) in [5, 5.41) is 18.0. The molecule has 108 valence electrons. The molecule has 0 amide bonds. The monoisotopic (exact) mass is 284 g/mol. The van der Waals surface area contributed by atoms with E-state index in [9.17, 15) is 4.79 Å². The van der Waals surface area contributed by atoms with Crippen molar-refractivity contribution in [3.05, 3.63) is 52.3 Å². The zero-order chi connectivity index (χ0) is 15.2. The fourth-order valence-electron chi connectivity index (χ4n) is 2.15. The smallest absolute Gasteiger partial charge is 0.268 e. The highest BCUT2D eigenvalue weighted by molar-refractivity contribution is 5.62. The third-order valence-corrected chi connectivity index (χ3v) is 3.20. The van der Waals surface area contributed by atoms with Gasteiger partial charge in [-0.15, -0.1) is 0 Å². The molecule has 1 aromatic carbocycles. The summed E-state index contributed by atoms with van der Waals surface area (Å²) in [7, 11) is 1.58. The van der Waals surface area contributed by atoms with Gasteiger partial charge in [-0.05, 0) is 30.7 Å². The van der Waals surface area contributed by atoms with E-state index < -0.39 is 0 Å². The predicted octanol–water partition coefficient (Wildman–Crippen LogP) is 1.78. The average molecular weight is 284 g/mol. The van der Waals surface area contributed by atoms with Gasteiger partial charge in [-0.25, -0.2) is 0 Å². The first-order valence-corrected chi connectivity index (χ1v) is 6.60. The molecule has 0 saturated carbocycles. The molecule has 2 aromatic rings. The van der Waals surface area contributed by atoms with E-state index in [0.29, 0.717) is 24.4 Å². The van der Waals surface area contributed by atoms with Crippen LogP contribution in [0.25, 0.3) is 11.3 Å². The standard InChI is InChI=1S/C16H16N2O3/c1-21-14-5-2-4-12(10-14)15-7-6-13(11-17)16(20)18(15)8-3-9-19/h2,4-7,10,19H,3,8-9H2,1H3. The Morgan fingerprint density at radius 1 is 1.33 bits per heavy atom. The molecule has 0 aliphatic heterocycles. The SMILES string of the molecule is COc1cccc(-c2ccc(C#N)c(=O)n2CCCO)c1. The zero-order valence-corrected chi connectivity index (χ0v) is 11.7. The van der Waals surface area contributed by atoms with Gasteiger partial charge in [-0.1, -0.05) is 12.1 Å². The Morgan fingerprint density at radius 3 is 2.81 bits per heavy atom. The van der Waals surface area contributed by atoms with Gasteiger partial charge >= 0.3 is 0 Å². The van der Waals surface area contributed by atoms with Crippen molar-refractivity contribution in [2.75, 3.05) is 13.7 Å². The van der Waals surface area contributed by atoms with Crippen LogP contribution < -0.4 is 10.3 Å². The third-order valence-electron chi connectivity index (χ3n) is 3.20. The Hall–Kier alpha value is -2.58. The quantitative estimate of drug-likeness (QED) is 0.908. The lowest BCUT2D eigenvalue weighted by Crippen LogP contribution is -2.24. The fraction of sp³-hybridized carbons (Fsp3) is 0.250. The van der Waals surface area contributed by atoms with Crippen LogP contribution in [0.5, 0.6) is 5.75 Å². The van der Waals surface area contributed by atoms with E-state index in [1.807, 2.05) is 30.3 Å². The number of ether oxygens (including phenoxy) is 1. The summed E-state index contributed by atoms with van der Waals surface area (Å²) in [6, 6.07) is 12.5. The molecule has 0 radical (unpaired) electrons. The van der Waals surface area contributed by atoms with E-state index in [1.165, 1.54) is 10.6 Å². The van der Waals surface area contributed by atoms with Gasteiger partial charge in [0.05, 0.1) is 12.8 Å². The molecule has 0 fully saturated rings.